The maximum absolute atomic E-state index is 14.2. The summed E-state index contributed by atoms with van der Waals surface area (Å²) in [5.41, 5.74) is 3.61. The number of benzene rings is 3. The summed E-state index contributed by atoms with van der Waals surface area (Å²) in [4.78, 5) is 42.1. The minimum atomic E-state index is -1.05. The van der Waals surface area contributed by atoms with Crippen LogP contribution in [0.2, 0.25) is 20.1 Å². The van der Waals surface area contributed by atoms with Gasteiger partial charge in [-0.3, -0.25) is 19.4 Å². The highest BCUT2D eigenvalue weighted by atomic mass is 79.9. The Balaban J connectivity index is 1.21. The number of halogens is 5. The molecule has 0 N–H and O–H groups in total. The molecule has 0 aromatic heterocycles. The fraction of sp³-hybridized carbons (Fsp3) is 0.250. The SMILES string of the molecule is O=C1[C@@H]2N=NN(CC(=O)N3N=C4/C(=C/c5ccc(Cl)cc5Cl)CCC[C@@H]4[C@@H]3c3ccc(Cl)cc3Cl)[C@H]2C(=O)N1c1cccc(Br)c1. The molecule has 0 spiro atoms. The summed E-state index contributed by atoms with van der Waals surface area (Å²) in [5.74, 6) is -1.60. The second kappa shape index (κ2) is 12.4. The van der Waals surface area contributed by atoms with E-state index in [-0.39, 0.29) is 12.5 Å². The molecule has 3 aromatic rings. The lowest BCUT2D eigenvalue weighted by atomic mass is 9.77. The standard InChI is InChI=1S/C32H23BrCl4N6O3/c33-18-4-2-5-21(12-18)42-31(45)28-30(32(42)46)41(40-38-28)15-26(44)43-29(22-10-9-20(35)14-25(22)37)23-6-1-3-17(27(23)39-43)11-16-7-8-19(34)13-24(16)36/h2,4-5,7-14,23,28-30H,1,3,6,15H2/b17-11+/t23-,28+,29-,30+/m0/s1. The molecule has 2 fully saturated rings. The van der Waals surface area contributed by atoms with Crippen LogP contribution in [0.1, 0.15) is 36.4 Å². The third-order valence-electron chi connectivity index (χ3n) is 8.55. The van der Waals surface area contributed by atoms with E-state index in [1.54, 1.807) is 48.5 Å². The number of hydrogen-bond donors (Lipinski definition) is 0. The van der Waals surface area contributed by atoms with Crippen LogP contribution in [0.5, 0.6) is 0 Å². The molecule has 0 bridgehead atoms. The molecule has 234 valence electrons. The predicted octanol–water partition coefficient (Wildman–Crippen LogP) is 8.18. The van der Waals surface area contributed by atoms with Gasteiger partial charge in [-0.05, 0) is 84.5 Å². The molecule has 46 heavy (non-hydrogen) atoms. The number of hydrazone groups is 1. The van der Waals surface area contributed by atoms with Gasteiger partial charge in [0.2, 0.25) is 0 Å². The van der Waals surface area contributed by atoms with Crippen LogP contribution < -0.4 is 4.90 Å². The van der Waals surface area contributed by atoms with Crippen LogP contribution in [0.3, 0.4) is 0 Å². The van der Waals surface area contributed by atoms with Crippen molar-refractivity contribution >= 4 is 97.5 Å². The van der Waals surface area contributed by atoms with Gasteiger partial charge in [-0.25, -0.2) is 9.91 Å². The van der Waals surface area contributed by atoms with Gasteiger partial charge in [0.25, 0.3) is 17.7 Å². The number of carbonyl (C=O) groups is 3. The number of fused-ring (bicyclic) bond motifs is 2. The van der Waals surface area contributed by atoms with Gasteiger partial charge in [-0.1, -0.05) is 85.8 Å². The van der Waals surface area contributed by atoms with E-state index in [0.717, 1.165) is 41.0 Å². The van der Waals surface area contributed by atoms with Crippen LogP contribution in [-0.4, -0.2) is 52.1 Å². The van der Waals surface area contributed by atoms with Crippen molar-refractivity contribution in [2.75, 3.05) is 11.4 Å². The third kappa shape index (κ3) is 5.54. The first-order valence-electron chi connectivity index (χ1n) is 14.4. The Kier molecular flexibility index (Phi) is 8.44. The van der Waals surface area contributed by atoms with E-state index in [0.29, 0.717) is 35.8 Å². The van der Waals surface area contributed by atoms with Crippen molar-refractivity contribution in [3.63, 3.8) is 0 Å². The number of nitrogens with zero attached hydrogens (tertiary/aromatic N) is 6. The monoisotopic (exact) mass is 758 g/mol. The summed E-state index contributed by atoms with van der Waals surface area (Å²) in [6.07, 6.45) is 4.34. The molecule has 3 amide bonds. The molecule has 9 nitrogen and oxygen atoms in total. The van der Waals surface area contributed by atoms with E-state index in [9.17, 15) is 14.4 Å². The number of carbonyl (C=O) groups excluding carboxylic acids is 3. The van der Waals surface area contributed by atoms with Crippen molar-refractivity contribution in [3.8, 4) is 0 Å². The lowest BCUT2D eigenvalue weighted by Crippen LogP contribution is -2.45. The zero-order valence-corrected chi connectivity index (χ0v) is 28.4. The first-order chi connectivity index (χ1) is 22.1. The van der Waals surface area contributed by atoms with E-state index >= 15 is 0 Å². The highest BCUT2D eigenvalue weighted by molar-refractivity contribution is 9.10. The van der Waals surface area contributed by atoms with E-state index < -0.39 is 35.8 Å². The Morgan fingerprint density at radius 3 is 2.43 bits per heavy atom. The summed E-state index contributed by atoms with van der Waals surface area (Å²) in [6.45, 7) is -0.330. The summed E-state index contributed by atoms with van der Waals surface area (Å²) >= 11 is 29.0. The van der Waals surface area contributed by atoms with Crippen molar-refractivity contribution in [1.82, 2.24) is 10.0 Å². The first kappa shape index (κ1) is 31.3. The number of amides is 3. The lowest BCUT2D eigenvalue weighted by molar-refractivity contribution is -0.136. The number of allylic oxidation sites excluding steroid dienone is 1. The molecule has 1 aliphatic carbocycles. The summed E-state index contributed by atoms with van der Waals surface area (Å²) in [6, 6.07) is 14.7. The predicted molar refractivity (Wildman–Crippen MR) is 181 cm³/mol. The number of rotatable bonds is 5. The molecule has 3 heterocycles. The second-order valence-electron chi connectivity index (χ2n) is 11.4. The van der Waals surface area contributed by atoms with Crippen molar-refractivity contribution in [1.29, 1.82) is 0 Å². The van der Waals surface area contributed by atoms with Gasteiger partial charge in [0, 0.05) is 30.5 Å². The molecule has 1 saturated heterocycles. The van der Waals surface area contributed by atoms with Crippen molar-refractivity contribution < 1.29 is 14.4 Å². The average molecular weight is 761 g/mol. The quantitative estimate of drug-likeness (QED) is 0.245. The molecule has 3 aliphatic heterocycles. The van der Waals surface area contributed by atoms with Gasteiger partial charge in [0.05, 0.1) is 17.4 Å². The number of anilines is 1. The Hall–Kier alpha value is -3.28. The highest BCUT2D eigenvalue weighted by Gasteiger charge is 2.55. The van der Waals surface area contributed by atoms with Gasteiger partial charge >= 0.3 is 0 Å². The Labute approximate surface area is 292 Å². The topological polar surface area (TPSA) is 98.0 Å². The molecule has 0 radical (unpaired) electrons. The summed E-state index contributed by atoms with van der Waals surface area (Å²) in [5, 5.41) is 17.7. The maximum atomic E-state index is 14.2. The van der Waals surface area contributed by atoms with E-state index in [1.807, 2.05) is 18.2 Å². The summed E-state index contributed by atoms with van der Waals surface area (Å²) in [7, 11) is 0. The van der Waals surface area contributed by atoms with Crippen molar-refractivity contribution in [2.45, 2.75) is 37.4 Å². The fourth-order valence-corrected chi connectivity index (χ4v) is 7.87. The van der Waals surface area contributed by atoms with Crippen LogP contribution in [0, 0.1) is 5.92 Å². The highest BCUT2D eigenvalue weighted by Crippen LogP contribution is 2.47. The largest absolute Gasteiger partial charge is 0.271 e. The maximum Gasteiger partial charge on any atom is 0.264 e. The van der Waals surface area contributed by atoms with Gasteiger partial charge in [0.1, 0.15) is 6.54 Å². The van der Waals surface area contributed by atoms with Crippen molar-refractivity contribution in [2.24, 2.45) is 21.4 Å². The lowest BCUT2D eigenvalue weighted by Gasteiger charge is -2.31. The molecule has 4 atom stereocenters. The van der Waals surface area contributed by atoms with Crippen LogP contribution in [0.25, 0.3) is 6.08 Å². The molecule has 7 rings (SSSR count). The second-order valence-corrected chi connectivity index (χ2v) is 14.0. The molecule has 0 unspecified atom stereocenters. The minimum absolute atomic E-state index is 0.164. The molecule has 1 saturated carbocycles. The fourth-order valence-electron chi connectivity index (χ4n) is 6.50. The van der Waals surface area contributed by atoms with Crippen LogP contribution in [0.15, 0.2) is 86.1 Å². The molecule has 3 aromatic carbocycles. The Morgan fingerprint density at radius 2 is 1.70 bits per heavy atom. The zero-order chi connectivity index (χ0) is 32.3. The number of hydrogen-bond acceptors (Lipinski definition) is 7. The van der Waals surface area contributed by atoms with E-state index in [2.05, 4.69) is 26.3 Å². The smallest absolute Gasteiger partial charge is 0.264 e. The third-order valence-corrected chi connectivity index (χ3v) is 10.2. The van der Waals surface area contributed by atoms with Crippen LogP contribution >= 0.6 is 62.3 Å². The molecular weight excluding hydrogens is 738 g/mol. The number of imide groups is 1. The molecule has 4 aliphatic rings. The van der Waals surface area contributed by atoms with Gasteiger partial charge < -0.3 is 0 Å². The van der Waals surface area contributed by atoms with Gasteiger partial charge in [-0.2, -0.15) is 10.2 Å². The van der Waals surface area contributed by atoms with E-state index in [1.165, 1.54) is 10.0 Å². The van der Waals surface area contributed by atoms with Gasteiger partial charge in [0.15, 0.2) is 12.1 Å². The summed E-state index contributed by atoms with van der Waals surface area (Å²) < 4.78 is 0.713. The van der Waals surface area contributed by atoms with Crippen LogP contribution in [-0.2, 0) is 14.4 Å². The normalized spacial score (nSPS) is 24.6. The molecular formula is C32H23BrCl4N6O3. The molecule has 14 heteroatoms. The zero-order valence-electron chi connectivity index (χ0n) is 23.8. The van der Waals surface area contributed by atoms with E-state index in [4.69, 9.17) is 51.5 Å². The Bertz CT molecular complexity index is 1900. The average Bonchev–Trinajstić information content (AvgIpc) is 3.68. The Morgan fingerprint density at radius 1 is 0.935 bits per heavy atom. The minimum Gasteiger partial charge on any atom is -0.271 e. The van der Waals surface area contributed by atoms with Crippen LogP contribution in [0.4, 0.5) is 5.69 Å². The van der Waals surface area contributed by atoms with Crippen molar-refractivity contribution in [3.05, 3.63) is 102 Å². The first-order valence-corrected chi connectivity index (χ1v) is 16.7. The van der Waals surface area contributed by atoms with Gasteiger partial charge in [-0.15, -0.1) is 0 Å².